The van der Waals surface area contributed by atoms with Crippen LogP contribution in [0.5, 0.6) is 0 Å². The summed E-state index contributed by atoms with van der Waals surface area (Å²) in [6, 6.07) is 5.96. The number of carboxylic acid groups (broad SMARTS) is 1. The van der Waals surface area contributed by atoms with Crippen molar-refractivity contribution in [1.29, 1.82) is 0 Å². The van der Waals surface area contributed by atoms with Crippen molar-refractivity contribution < 1.29 is 14.3 Å². The van der Waals surface area contributed by atoms with E-state index in [0.29, 0.717) is 0 Å². The van der Waals surface area contributed by atoms with Crippen LogP contribution in [0.25, 0.3) is 5.69 Å². The molecular formula is C11H8ClFN2O2. The summed E-state index contributed by atoms with van der Waals surface area (Å²) in [5.74, 6) is -1.68. The highest BCUT2D eigenvalue weighted by molar-refractivity contribution is 6.17. The van der Waals surface area contributed by atoms with Gasteiger partial charge in [0.25, 0.3) is 0 Å². The highest BCUT2D eigenvalue weighted by atomic mass is 35.5. The molecule has 4 nitrogen and oxygen atoms in total. The number of hydrogen-bond acceptors (Lipinski definition) is 2. The van der Waals surface area contributed by atoms with Gasteiger partial charge < -0.3 is 5.11 Å². The third kappa shape index (κ3) is 2.01. The molecule has 17 heavy (non-hydrogen) atoms. The Morgan fingerprint density at radius 3 is 2.76 bits per heavy atom. The molecule has 0 bridgehead atoms. The molecule has 6 heteroatoms. The lowest BCUT2D eigenvalue weighted by molar-refractivity contribution is 0.0696. The average molecular weight is 255 g/mol. The smallest absolute Gasteiger partial charge is 0.339 e. The number of hydrogen-bond donors (Lipinski definition) is 1. The first-order valence-corrected chi connectivity index (χ1v) is 5.29. The molecule has 0 fully saturated rings. The second kappa shape index (κ2) is 4.55. The quantitative estimate of drug-likeness (QED) is 0.856. The molecule has 0 unspecified atom stereocenters. The largest absolute Gasteiger partial charge is 0.478 e. The van der Waals surface area contributed by atoms with Crippen LogP contribution in [-0.4, -0.2) is 20.9 Å². The number of alkyl halides is 1. The van der Waals surface area contributed by atoms with Gasteiger partial charge in [-0.1, -0.05) is 12.1 Å². The Morgan fingerprint density at radius 1 is 1.47 bits per heavy atom. The summed E-state index contributed by atoms with van der Waals surface area (Å²) in [6.07, 6.45) is 1.16. The molecule has 0 radical (unpaired) electrons. The predicted octanol–water partition coefficient (Wildman–Crippen LogP) is 2.45. The summed E-state index contributed by atoms with van der Waals surface area (Å²) in [4.78, 5) is 10.9. The Kier molecular flexibility index (Phi) is 3.10. The number of rotatable bonds is 3. The van der Waals surface area contributed by atoms with Crippen LogP contribution >= 0.6 is 11.6 Å². The minimum absolute atomic E-state index is 0.0248. The van der Waals surface area contributed by atoms with Gasteiger partial charge in [0.1, 0.15) is 17.1 Å². The zero-order chi connectivity index (χ0) is 12.4. The van der Waals surface area contributed by atoms with Crippen LogP contribution in [0.15, 0.2) is 30.5 Å². The zero-order valence-corrected chi connectivity index (χ0v) is 9.36. The van der Waals surface area contributed by atoms with Crippen LogP contribution in [-0.2, 0) is 5.88 Å². The van der Waals surface area contributed by atoms with Gasteiger partial charge in [0, 0.05) is 0 Å². The molecule has 0 saturated carbocycles. The van der Waals surface area contributed by atoms with Crippen molar-refractivity contribution in [2.24, 2.45) is 0 Å². The van der Waals surface area contributed by atoms with Crippen molar-refractivity contribution in [1.82, 2.24) is 9.78 Å². The molecular weight excluding hydrogens is 247 g/mol. The van der Waals surface area contributed by atoms with E-state index in [-0.39, 0.29) is 22.8 Å². The molecule has 1 heterocycles. The number of carbonyl (C=O) groups is 1. The Balaban J connectivity index is 2.61. The number of aromatic carboxylic acids is 1. The molecule has 0 aliphatic carbocycles. The number of benzene rings is 1. The summed E-state index contributed by atoms with van der Waals surface area (Å²) in [7, 11) is 0. The van der Waals surface area contributed by atoms with Crippen LogP contribution in [0.4, 0.5) is 4.39 Å². The van der Waals surface area contributed by atoms with E-state index in [1.807, 2.05) is 0 Å². The monoisotopic (exact) mass is 254 g/mol. The predicted molar refractivity (Wildman–Crippen MR) is 60.0 cm³/mol. The molecule has 1 aromatic carbocycles. The lowest BCUT2D eigenvalue weighted by atomic mass is 10.2. The Bertz CT molecular complexity index is 568. The number of nitrogens with zero attached hydrogens (tertiary/aromatic N) is 2. The normalized spacial score (nSPS) is 10.5. The first kappa shape index (κ1) is 11.6. The van der Waals surface area contributed by atoms with Crippen LogP contribution < -0.4 is 0 Å². The SMILES string of the molecule is O=C(O)c1cnn(-c2ccccc2F)c1CCl. The van der Waals surface area contributed by atoms with Gasteiger partial charge in [-0.05, 0) is 12.1 Å². The van der Waals surface area contributed by atoms with Gasteiger partial charge in [0.15, 0.2) is 0 Å². The first-order chi connectivity index (χ1) is 8.15. The number of aromatic nitrogens is 2. The maximum atomic E-state index is 13.6. The second-order valence-corrected chi connectivity index (χ2v) is 3.57. The van der Waals surface area contributed by atoms with E-state index in [2.05, 4.69) is 5.10 Å². The standard InChI is InChI=1S/C11H8ClFN2O2/c12-5-10-7(11(16)17)6-14-15(10)9-4-2-1-3-8(9)13/h1-4,6H,5H2,(H,16,17). The first-order valence-electron chi connectivity index (χ1n) is 4.76. The molecule has 0 aliphatic rings. The van der Waals surface area contributed by atoms with Crippen LogP contribution in [0.3, 0.4) is 0 Å². The fourth-order valence-corrected chi connectivity index (χ4v) is 1.77. The van der Waals surface area contributed by atoms with Crippen LogP contribution in [0.1, 0.15) is 16.1 Å². The number of para-hydroxylation sites is 1. The summed E-state index contributed by atoms with van der Waals surface area (Å²) in [5.41, 5.74) is 0.406. The molecule has 2 rings (SSSR count). The van der Waals surface area contributed by atoms with Gasteiger partial charge in [-0.15, -0.1) is 11.6 Å². The van der Waals surface area contributed by atoms with E-state index in [0.717, 1.165) is 6.20 Å². The third-order valence-electron chi connectivity index (χ3n) is 2.31. The van der Waals surface area contributed by atoms with Gasteiger partial charge in [0.2, 0.25) is 0 Å². The third-order valence-corrected chi connectivity index (χ3v) is 2.56. The van der Waals surface area contributed by atoms with Gasteiger partial charge in [-0.25, -0.2) is 13.9 Å². The van der Waals surface area contributed by atoms with Gasteiger partial charge >= 0.3 is 5.97 Å². The Labute approximate surface area is 101 Å². The van der Waals surface area contributed by atoms with Gasteiger partial charge in [-0.2, -0.15) is 5.10 Å². The van der Waals surface area contributed by atoms with Crippen molar-refractivity contribution in [3.63, 3.8) is 0 Å². The molecule has 1 aromatic heterocycles. The Morgan fingerprint density at radius 2 is 2.18 bits per heavy atom. The lowest BCUT2D eigenvalue weighted by Crippen LogP contribution is -2.06. The topological polar surface area (TPSA) is 55.1 Å². The fraction of sp³-hybridized carbons (Fsp3) is 0.0909. The Hall–Kier alpha value is -1.88. The van der Waals surface area contributed by atoms with Crippen LogP contribution in [0, 0.1) is 5.82 Å². The molecule has 2 aromatic rings. The van der Waals surface area contributed by atoms with Crippen molar-refractivity contribution in [3.8, 4) is 5.69 Å². The highest BCUT2D eigenvalue weighted by Crippen LogP contribution is 2.19. The summed E-state index contributed by atoms with van der Waals surface area (Å²) >= 11 is 5.68. The summed E-state index contributed by atoms with van der Waals surface area (Å²) in [6.45, 7) is 0. The second-order valence-electron chi connectivity index (χ2n) is 3.31. The molecule has 0 amide bonds. The molecule has 88 valence electrons. The minimum Gasteiger partial charge on any atom is -0.478 e. The molecule has 0 spiro atoms. The van der Waals surface area contributed by atoms with Crippen LogP contribution in [0.2, 0.25) is 0 Å². The lowest BCUT2D eigenvalue weighted by Gasteiger charge is -2.06. The van der Waals surface area contributed by atoms with E-state index in [1.165, 1.54) is 16.8 Å². The summed E-state index contributed by atoms with van der Waals surface area (Å²) in [5, 5.41) is 12.8. The van der Waals surface area contributed by atoms with Crippen molar-refractivity contribution in [2.75, 3.05) is 0 Å². The number of carboxylic acids is 1. The molecule has 0 saturated heterocycles. The summed E-state index contributed by atoms with van der Waals surface area (Å²) < 4.78 is 14.8. The minimum atomic E-state index is -1.14. The number of halogens is 2. The van der Waals surface area contributed by atoms with Crippen molar-refractivity contribution >= 4 is 17.6 Å². The molecule has 0 aliphatic heterocycles. The molecule has 1 N–H and O–H groups in total. The average Bonchev–Trinajstić information content (AvgIpc) is 2.73. The fourth-order valence-electron chi connectivity index (χ4n) is 1.51. The van der Waals surface area contributed by atoms with E-state index in [9.17, 15) is 9.18 Å². The van der Waals surface area contributed by atoms with Gasteiger partial charge in [0.05, 0.1) is 17.8 Å². The van der Waals surface area contributed by atoms with E-state index in [4.69, 9.17) is 16.7 Å². The van der Waals surface area contributed by atoms with Crippen molar-refractivity contribution in [3.05, 3.63) is 47.5 Å². The maximum absolute atomic E-state index is 13.6. The maximum Gasteiger partial charge on any atom is 0.339 e. The van der Waals surface area contributed by atoms with E-state index < -0.39 is 11.8 Å². The molecule has 0 atom stereocenters. The van der Waals surface area contributed by atoms with Gasteiger partial charge in [-0.3, -0.25) is 0 Å². The van der Waals surface area contributed by atoms with Crippen molar-refractivity contribution in [2.45, 2.75) is 5.88 Å². The van der Waals surface area contributed by atoms with E-state index >= 15 is 0 Å². The zero-order valence-electron chi connectivity index (χ0n) is 8.60. The highest BCUT2D eigenvalue weighted by Gasteiger charge is 2.18. The van der Waals surface area contributed by atoms with E-state index in [1.54, 1.807) is 12.1 Å².